The number of sulfonamides is 1. The van der Waals surface area contributed by atoms with E-state index in [0.717, 1.165) is 9.87 Å². The maximum absolute atomic E-state index is 13.5. The molecule has 0 aliphatic heterocycles. The Morgan fingerprint density at radius 3 is 2.39 bits per heavy atom. The van der Waals surface area contributed by atoms with E-state index >= 15 is 0 Å². The first-order chi connectivity index (χ1) is 14.7. The molecule has 0 saturated carbocycles. The number of para-hydroxylation sites is 1. The van der Waals surface area contributed by atoms with Crippen molar-refractivity contribution in [1.82, 2.24) is 0 Å². The van der Waals surface area contributed by atoms with Crippen molar-refractivity contribution in [2.75, 3.05) is 23.3 Å². The number of nitrogens with one attached hydrogen (secondary N) is 1. The molecule has 9 heteroatoms. The zero-order chi connectivity index (χ0) is 22.6. The predicted molar refractivity (Wildman–Crippen MR) is 126 cm³/mol. The molecule has 6 nitrogen and oxygen atoms in total. The predicted octanol–water partition coefficient (Wildman–Crippen LogP) is 5.25. The number of hydrogen-bond donors (Lipinski definition) is 1. The molecule has 0 atom stereocenters. The average Bonchev–Trinajstić information content (AvgIpc) is 2.74. The average molecular weight is 524 g/mol. The third-order valence-corrected chi connectivity index (χ3v) is 7.19. The summed E-state index contributed by atoms with van der Waals surface area (Å²) in [6, 6.07) is 18.1. The standard InChI is InChI=1S/C22H20BrClN2O4S/c1-15-7-9-16(10-8-15)26(14-22(27)25-20-6-4-3-5-19(20)24)31(28,29)17-11-12-21(30-2)18(23)13-17/h3-13H,14H2,1-2H3,(H,25,27). The molecule has 3 rings (SSSR count). The molecule has 0 heterocycles. The van der Waals surface area contributed by atoms with Crippen LogP contribution in [0.5, 0.6) is 5.75 Å². The van der Waals surface area contributed by atoms with Crippen molar-refractivity contribution >= 4 is 54.8 Å². The summed E-state index contributed by atoms with van der Waals surface area (Å²) in [5.41, 5.74) is 1.74. The van der Waals surface area contributed by atoms with Gasteiger partial charge in [-0.1, -0.05) is 41.4 Å². The van der Waals surface area contributed by atoms with Gasteiger partial charge in [0.25, 0.3) is 10.0 Å². The second-order valence-electron chi connectivity index (χ2n) is 6.67. The van der Waals surface area contributed by atoms with Crippen LogP contribution in [0.4, 0.5) is 11.4 Å². The highest BCUT2D eigenvalue weighted by Gasteiger charge is 2.28. The molecule has 0 spiro atoms. The second-order valence-corrected chi connectivity index (χ2v) is 9.80. The van der Waals surface area contributed by atoms with Gasteiger partial charge in [0, 0.05) is 0 Å². The van der Waals surface area contributed by atoms with Gasteiger partial charge in [-0.25, -0.2) is 8.42 Å². The van der Waals surface area contributed by atoms with E-state index < -0.39 is 22.5 Å². The molecule has 31 heavy (non-hydrogen) atoms. The van der Waals surface area contributed by atoms with Crippen molar-refractivity contribution in [1.29, 1.82) is 0 Å². The van der Waals surface area contributed by atoms with Gasteiger partial charge in [0.2, 0.25) is 5.91 Å². The summed E-state index contributed by atoms with van der Waals surface area (Å²) in [6.45, 7) is 1.47. The van der Waals surface area contributed by atoms with Crippen LogP contribution < -0.4 is 14.4 Å². The minimum atomic E-state index is -4.06. The van der Waals surface area contributed by atoms with E-state index in [1.807, 2.05) is 6.92 Å². The summed E-state index contributed by atoms with van der Waals surface area (Å²) >= 11 is 9.42. The Labute approximate surface area is 195 Å². The molecule has 0 radical (unpaired) electrons. The van der Waals surface area contributed by atoms with Gasteiger partial charge in [-0.05, 0) is 65.3 Å². The molecule has 3 aromatic carbocycles. The number of ether oxygens (including phenoxy) is 1. The van der Waals surface area contributed by atoms with E-state index in [1.165, 1.54) is 19.2 Å². The molecular weight excluding hydrogens is 504 g/mol. The summed E-state index contributed by atoms with van der Waals surface area (Å²) in [5.74, 6) is -0.0258. The molecule has 0 aliphatic carbocycles. The summed E-state index contributed by atoms with van der Waals surface area (Å²) in [7, 11) is -2.57. The van der Waals surface area contributed by atoms with E-state index in [4.69, 9.17) is 16.3 Å². The molecule has 0 aliphatic rings. The number of amides is 1. The lowest BCUT2D eigenvalue weighted by Gasteiger charge is -2.24. The monoisotopic (exact) mass is 522 g/mol. The quantitative estimate of drug-likeness (QED) is 0.459. The third-order valence-electron chi connectivity index (χ3n) is 4.47. The summed E-state index contributed by atoms with van der Waals surface area (Å²) < 4.78 is 33.7. The first kappa shape index (κ1) is 23.1. The molecule has 1 N–H and O–H groups in total. The smallest absolute Gasteiger partial charge is 0.264 e. The van der Waals surface area contributed by atoms with Crippen LogP contribution >= 0.6 is 27.5 Å². The largest absolute Gasteiger partial charge is 0.496 e. The molecule has 0 bridgehead atoms. The molecule has 162 valence electrons. The van der Waals surface area contributed by atoms with Crippen LogP contribution in [-0.4, -0.2) is 28.0 Å². The Hall–Kier alpha value is -2.55. The van der Waals surface area contributed by atoms with E-state index in [0.29, 0.717) is 26.6 Å². The van der Waals surface area contributed by atoms with Gasteiger partial charge in [-0.2, -0.15) is 0 Å². The van der Waals surface area contributed by atoms with E-state index in [2.05, 4.69) is 21.2 Å². The van der Waals surface area contributed by atoms with Crippen LogP contribution in [0.25, 0.3) is 0 Å². The summed E-state index contributed by atoms with van der Waals surface area (Å²) in [6.07, 6.45) is 0. The maximum Gasteiger partial charge on any atom is 0.264 e. The van der Waals surface area contributed by atoms with E-state index in [9.17, 15) is 13.2 Å². The Balaban J connectivity index is 1.98. The van der Waals surface area contributed by atoms with Crippen LogP contribution in [0.2, 0.25) is 5.02 Å². The fraction of sp³-hybridized carbons (Fsp3) is 0.136. The molecule has 1 amide bonds. The van der Waals surface area contributed by atoms with Crippen LogP contribution in [0.3, 0.4) is 0 Å². The lowest BCUT2D eigenvalue weighted by atomic mass is 10.2. The van der Waals surface area contributed by atoms with Crippen molar-refractivity contribution < 1.29 is 17.9 Å². The van der Waals surface area contributed by atoms with Gasteiger partial charge in [-0.15, -0.1) is 0 Å². The Morgan fingerprint density at radius 2 is 1.77 bits per heavy atom. The van der Waals surface area contributed by atoms with Crippen LogP contribution in [0, 0.1) is 6.92 Å². The van der Waals surface area contributed by atoms with Gasteiger partial charge in [0.05, 0.1) is 32.9 Å². The molecular formula is C22H20BrClN2O4S. The SMILES string of the molecule is COc1ccc(S(=O)(=O)N(CC(=O)Nc2ccccc2Cl)c2ccc(C)cc2)cc1Br. The fourth-order valence-corrected chi connectivity index (χ4v) is 5.17. The van der Waals surface area contributed by atoms with E-state index in [1.54, 1.807) is 54.6 Å². The Bertz CT molecular complexity index is 1200. The fourth-order valence-electron chi connectivity index (χ4n) is 2.84. The highest BCUT2D eigenvalue weighted by Crippen LogP contribution is 2.31. The molecule has 0 unspecified atom stereocenters. The molecule has 0 saturated heterocycles. The van der Waals surface area contributed by atoms with Crippen molar-refractivity contribution in [3.05, 3.63) is 81.8 Å². The number of benzene rings is 3. The number of nitrogens with zero attached hydrogens (tertiary/aromatic N) is 1. The summed E-state index contributed by atoms with van der Waals surface area (Å²) in [4.78, 5) is 12.8. The first-order valence-corrected chi connectivity index (χ1v) is 11.8. The highest BCUT2D eigenvalue weighted by atomic mass is 79.9. The first-order valence-electron chi connectivity index (χ1n) is 9.19. The van der Waals surface area contributed by atoms with Gasteiger partial charge in [-0.3, -0.25) is 9.10 Å². The van der Waals surface area contributed by atoms with Crippen molar-refractivity contribution in [2.45, 2.75) is 11.8 Å². The topological polar surface area (TPSA) is 75.7 Å². The number of carbonyl (C=O) groups is 1. The Morgan fingerprint density at radius 1 is 1.10 bits per heavy atom. The number of anilines is 2. The third kappa shape index (κ3) is 5.39. The molecule has 0 aromatic heterocycles. The zero-order valence-electron chi connectivity index (χ0n) is 16.8. The van der Waals surface area contributed by atoms with Gasteiger partial charge >= 0.3 is 0 Å². The van der Waals surface area contributed by atoms with Gasteiger partial charge < -0.3 is 10.1 Å². The lowest BCUT2D eigenvalue weighted by Crippen LogP contribution is -2.38. The van der Waals surface area contributed by atoms with Crippen LogP contribution in [0.1, 0.15) is 5.56 Å². The van der Waals surface area contributed by atoms with E-state index in [-0.39, 0.29) is 4.90 Å². The second kappa shape index (κ2) is 9.72. The maximum atomic E-state index is 13.5. The lowest BCUT2D eigenvalue weighted by molar-refractivity contribution is -0.114. The normalized spacial score (nSPS) is 11.1. The Kier molecular flexibility index (Phi) is 7.25. The van der Waals surface area contributed by atoms with Crippen molar-refractivity contribution in [3.8, 4) is 5.75 Å². The van der Waals surface area contributed by atoms with Crippen LogP contribution in [0.15, 0.2) is 76.1 Å². The number of aryl methyl sites for hydroxylation is 1. The summed E-state index contributed by atoms with van der Waals surface area (Å²) in [5, 5.41) is 3.03. The number of rotatable bonds is 7. The van der Waals surface area contributed by atoms with Crippen molar-refractivity contribution in [3.63, 3.8) is 0 Å². The molecule has 0 fully saturated rings. The van der Waals surface area contributed by atoms with Crippen LogP contribution in [-0.2, 0) is 14.8 Å². The highest BCUT2D eigenvalue weighted by molar-refractivity contribution is 9.10. The minimum Gasteiger partial charge on any atom is -0.496 e. The van der Waals surface area contributed by atoms with Gasteiger partial charge in [0.1, 0.15) is 12.3 Å². The number of halogens is 2. The van der Waals surface area contributed by atoms with Crippen molar-refractivity contribution in [2.24, 2.45) is 0 Å². The number of hydrogen-bond acceptors (Lipinski definition) is 4. The number of methoxy groups -OCH3 is 1. The van der Waals surface area contributed by atoms with Gasteiger partial charge in [0.15, 0.2) is 0 Å². The number of carbonyl (C=O) groups excluding carboxylic acids is 1. The molecule has 3 aromatic rings. The zero-order valence-corrected chi connectivity index (χ0v) is 20.0. The minimum absolute atomic E-state index is 0.0197.